The lowest BCUT2D eigenvalue weighted by atomic mass is 10.3. The van der Waals surface area contributed by atoms with Gasteiger partial charge in [0.05, 0.1) is 6.10 Å². The Balaban J connectivity index is 2.06. The SMILES string of the molecule is CCC1CC1OC. The van der Waals surface area contributed by atoms with Gasteiger partial charge in [0.25, 0.3) is 0 Å². The van der Waals surface area contributed by atoms with Crippen molar-refractivity contribution in [3.8, 4) is 0 Å². The monoisotopic (exact) mass is 100 g/mol. The Morgan fingerprint density at radius 3 is 2.57 bits per heavy atom. The highest BCUT2D eigenvalue weighted by molar-refractivity contribution is 4.85. The van der Waals surface area contributed by atoms with Crippen molar-refractivity contribution < 1.29 is 4.74 Å². The minimum Gasteiger partial charge on any atom is -0.381 e. The molecular weight excluding hydrogens is 88.1 g/mol. The summed E-state index contributed by atoms with van der Waals surface area (Å²) >= 11 is 0. The van der Waals surface area contributed by atoms with Gasteiger partial charge in [-0.2, -0.15) is 0 Å². The fourth-order valence-corrected chi connectivity index (χ4v) is 0.938. The first kappa shape index (κ1) is 5.10. The van der Waals surface area contributed by atoms with Crippen LogP contribution in [0, 0.1) is 5.92 Å². The molecule has 0 radical (unpaired) electrons. The molecule has 0 heterocycles. The van der Waals surface area contributed by atoms with Crippen molar-refractivity contribution in [2.75, 3.05) is 7.11 Å². The molecule has 0 saturated heterocycles. The van der Waals surface area contributed by atoms with Crippen LogP contribution < -0.4 is 0 Å². The normalized spacial score (nSPS) is 38.6. The van der Waals surface area contributed by atoms with Crippen LogP contribution in [0.3, 0.4) is 0 Å². The molecule has 42 valence electrons. The van der Waals surface area contributed by atoms with Crippen LogP contribution >= 0.6 is 0 Å². The van der Waals surface area contributed by atoms with Crippen molar-refractivity contribution in [2.24, 2.45) is 5.92 Å². The Labute approximate surface area is 44.7 Å². The minimum absolute atomic E-state index is 0.616. The molecule has 1 nitrogen and oxygen atoms in total. The standard InChI is InChI=1S/C6H12O/c1-3-5-4-6(5)7-2/h5-6H,3-4H2,1-2H3. The average Bonchev–Trinajstić information content (AvgIpc) is 2.43. The summed E-state index contributed by atoms with van der Waals surface area (Å²) in [5.74, 6) is 0.894. The Kier molecular flexibility index (Phi) is 1.33. The van der Waals surface area contributed by atoms with Gasteiger partial charge in [0.15, 0.2) is 0 Å². The zero-order chi connectivity index (χ0) is 5.28. The van der Waals surface area contributed by atoms with Crippen molar-refractivity contribution in [3.63, 3.8) is 0 Å². The van der Waals surface area contributed by atoms with E-state index in [4.69, 9.17) is 4.74 Å². The molecule has 1 saturated carbocycles. The molecule has 7 heavy (non-hydrogen) atoms. The summed E-state index contributed by atoms with van der Waals surface area (Å²) in [5.41, 5.74) is 0. The topological polar surface area (TPSA) is 9.23 Å². The first-order valence-electron chi connectivity index (χ1n) is 2.91. The minimum atomic E-state index is 0.616. The van der Waals surface area contributed by atoms with Crippen LogP contribution in [0.25, 0.3) is 0 Å². The number of ether oxygens (including phenoxy) is 1. The molecule has 0 aromatic rings. The number of hydrogen-bond acceptors (Lipinski definition) is 1. The molecule has 0 bridgehead atoms. The lowest BCUT2D eigenvalue weighted by molar-refractivity contribution is 0.168. The van der Waals surface area contributed by atoms with E-state index in [-0.39, 0.29) is 0 Å². The van der Waals surface area contributed by atoms with E-state index in [9.17, 15) is 0 Å². The second-order valence-electron chi connectivity index (χ2n) is 2.18. The third kappa shape index (κ3) is 0.942. The maximum atomic E-state index is 5.06. The Bertz CT molecular complexity index is 53.2. The fourth-order valence-electron chi connectivity index (χ4n) is 0.938. The summed E-state index contributed by atoms with van der Waals surface area (Å²) in [5, 5.41) is 0. The molecule has 1 fully saturated rings. The Hall–Kier alpha value is -0.0400. The molecule has 2 unspecified atom stereocenters. The molecule has 1 aliphatic carbocycles. The van der Waals surface area contributed by atoms with Crippen molar-refractivity contribution in [3.05, 3.63) is 0 Å². The third-order valence-corrected chi connectivity index (χ3v) is 1.68. The first-order valence-corrected chi connectivity index (χ1v) is 2.91. The van der Waals surface area contributed by atoms with Crippen LogP contribution in [0.2, 0.25) is 0 Å². The van der Waals surface area contributed by atoms with Crippen LogP contribution in [-0.4, -0.2) is 13.2 Å². The van der Waals surface area contributed by atoms with Gasteiger partial charge in [0.2, 0.25) is 0 Å². The largest absolute Gasteiger partial charge is 0.381 e. The van der Waals surface area contributed by atoms with Crippen molar-refractivity contribution in [2.45, 2.75) is 25.9 Å². The number of rotatable bonds is 2. The van der Waals surface area contributed by atoms with Gasteiger partial charge in [-0.25, -0.2) is 0 Å². The highest BCUT2D eigenvalue weighted by Gasteiger charge is 2.34. The summed E-state index contributed by atoms with van der Waals surface area (Å²) in [4.78, 5) is 0. The fraction of sp³-hybridized carbons (Fsp3) is 1.00. The van der Waals surface area contributed by atoms with E-state index in [0.29, 0.717) is 6.10 Å². The molecular formula is C6H12O. The average molecular weight is 100 g/mol. The van der Waals surface area contributed by atoms with Crippen LogP contribution in [0.4, 0.5) is 0 Å². The maximum Gasteiger partial charge on any atom is 0.0603 e. The molecule has 0 aliphatic heterocycles. The maximum absolute atomic E-state index is 5.06. The summed E-state index contributed by atoms with van der Waals surface area (Å²) in [7, 11) is 1.79. The van der Waals surface area contributed by atoms with Crippen molar-refractivity contribution >= 4 is 0 Å². The van der Waals surface area contributed by atoms with Gasteiger partial charge in [0, 0.05) is 7.11 Å². The lowest BCUT2D eigenvalue weighted by Crippen LogP contribution is -1.88. The zero-order valence-corrected chi connectivity index (χ0v) is 4.98. The van der Waals surface area contributed by atoms with Gasteiger partial charge in [-0.3, -0.25) is 0 Å². The van der Waals surface area contributed by atoms with Crippen LogP contribution in [0.5, 0.6) is 0 Å². The molecule has 2 atom stereocenters. The highest BCUT2D eigenvalue weighted by Crippen LogP contribution is 2.35. The molecule has 0 amide bonds. The molecule has 0 N–H and O–H groups in total. The van der Waals surface area contributed by atoms with Gasteiger partial charge in [-0.05, 0) is 12.3 Å². The van der Waals surface area contributed by atoms with Crippen molar-refractivity contribution in [1.29, 1.82) is 0 Å². The quantitative estimate of drug-likeness (QED) is 0.510. The third-order valence-electron chi connectivity index (χ3n) is 1.68. The molecule has 1 rings (SSSR count). The van der Waals surface area contributed by atoms with Crippen LogP contribution in [0.15, 0.2) is 0 Å². The van der Waals surface area contributed by atoms with Crippen LogP contribution in [0.1, 0.15) is 19.8 Å². The van der Waals surface area contributed by atoms with Gasteiger partial charge in [-0.15, -0.1) is 0 Å². The van der Waals surface area contributed by atoms with Gasteiger partial charge >= 0.3 is 0 Å². The predicted molar refractivity (Wildman–Crippen MR) is 29.2 cm³/mol. The molecule has 0 aromatic carbocycles. The summed E-state index contributed by atoms with van der Waals surface area (Å²) < 4.78 is 5.06. The molecule has 1 aliphatic rings. The predicted octanol–water partition coefficient (Wildman–Crippen LogP) is 1.43. The van der Waals surface area contributed by atoms with Crippen LogP contribution in [-0.2, 0) is 4.74 Å². The summed E-state index contributed by atoms with van der Waals surface area (Å²) in [6.45, 7) is 2.21. The molecule has 1 heteroatoms. The van der Waals surface area contributed by atoms with Crippen molar-refractivity contribution in [1.82, 2.24) is 0 Å². The van der Waals surface area contributed by atoms with E-state index in [1.807, 2.05) is 0 Å². The Morgan fingerprint density at radius 1 is 1.71 bits per heavy atom. The van der Waals surface area contributed by atoms with Gasteiger partial charge in [-0.1, -0.05) is 13.3 Å². The van der Waals surface area contributed by atoms with E-state index in [2.05, 4.69) is 6.92 Å². The van der Waals surface area contributed by atoms with E-state index in [1.165, 1.54) is 12.8 Å². The smallest absolute Gasteiger partial charge is 0.0603 e. The van der Waals surface area contributed by atoms with E-state index < -0.39 is 0 Å². The summed E-state index contributed by atoms with van der Waals surface area (Å²) in [6.07, 6.45) is 3.20. The molecule has 0 spiro atoms. The number of hydrogen-bond donors (Lipinski definition) is 0. The van der Waals surface area contributed by atoms with E-state index >= 15 is 0 Å². The molecule has 0 aromatic heterocycles. The van der Waals surface area contributed by atoms with E-state index in [1.54, 1.807) is 7.11 Å². The first-order chi connectivity index (χ1) is 3.38. The lowest BCUT2D eigenvalue weighted by Gasteiger charge is -1.88. The van der Waals surface area contributed by atoms with E-state index in [0.717, 1.165) is 5.92 Å². The summed E-state index contributed by atoms with van der Waals surface area (Å²) in [6, 6.07) is 0. The second kappa shape index (κ2) is 1.83. The van der Waals surface area contributed by atoms with Gasteiger partial charge < -0.3 is 4.74 Å². The second-order valence-corrected chi connectivity index (χ2v) is 2.18. The highest BCUT2D eigenvalue weighted by atomic mass is 16.5. The Morgan fingerprint density at radius 2 is 2.43 bits per heavy atom. The number of methoxy groups -OCH3 is 1. The van der Waals surface area contributed by atoms with Gasteiger partial charge in [0.1, 0.15) is 0 Å². The zero-order valence-electron chi connectivity index (χ0n) is 4.98.